The molecule has 0 aliphatic heterocycles. The molecule has 0 radical (unpaired) electrons. The number of Topliss-reactive ketones (excluding diaryl/α,β-unsaturated/α-hetero) is 1. The van der Waals surface area contributed by atoms with Crippen molar-refractivity contribution in [3.8, 4) is 0 Å². The van der Waals surface area contributed by atoms with Crippen LogP contribution in [0.2, 0.25) is 0 Å². The van der Waals surface area contributed by atoms with Gasteiger partial charge in [-0.3, -0.25) is 13.6 Å². The largest absolute Gasteiger partial charge is 0.478 e. The Labute approximate surface area is 373 Å². The quantitative estimate of drug-likeness (QED) is 0.123. The number of carboxylic acid groups (broad SMARTS) is 1. The predicted octanol–water partition coefficient (Wildman–Crippen LogP) is 12.1. The number of aldehydes is 2. The second-order valence-corrected chi connectivity index (χ2v) is 13.2. The third-order valence-electron chi connectivity index (χ3n) is 4.78. The predicted molar refractivity (Wildman–Crippen MR) is 264 cm³/mol. The van der Waals surface area contributed by atoms with Crippen LogP contribution in [0.5, 0.6) is 0 Å². The SMILES string of the molecule is CC.CC.CC.CC.CC(=O)c1ccccc1.CC=O.CC=O.CCC.CCC.CCCS(=O)(=O)O.CC[NH2+]C.Cc1ccc(S(C)=O)cc1.Cc1ccccc1C(=O)O. The third-order valence-corrected chi connectivity index (χ3v) is 6.64. The highest BCUT2D eigenvalue weighted by Gasteiger charge is 2.03. The number of carbonyl (C=O) groups is 4. The number of benzene rings is 3. The second kappa shape index (κ2) is 72.8. The van der Waals surface area contributed by atoms with Crippen molar-refractivity contribution in [3.63, 3.8) is 0 Å². The van der Waals surface area contributed by atoms with Crippen molar-refractivity contribution in [2.45, 2.75) is 156 Å². The number of aryl methyl sites for hydroxylation is 2. The average Bonchev–Trinajstić information content (AvgIpc) is 3.23. The smallest absolute Gasteiger partial charge is 0.335 e. The molecule has 1 atom stereocenters. The summed E-state index contributed by atoms with van der Waals surface area (Å²) < 4.78 is 38.4. The topological polar surface area (TPSA) is 177 Å². The maximum Gasteiger partial charge on any atom is 0.335 e. The van der Waals surface area contributed by atoms with Gasteiger partial charge in [-0.05, 0) is 71.7 Å². The van der Waals surface area contributed by atoms with E-state index in [4.69, 9.17) is 19.2 Å². The molecule has 0 heterocycles. The third kappa shape index (κ3) is 86.1. The molecule has 0 aromatic heterocycles. The summed E-state index contributed by atoms with van der Waals surface area (Å²) in [6.07, 6.45) is 6.16. The van der Waals surface area contributed by atoms with E-state index in [0.717, 1.165) is 28.6 Å². The molecule has 0 saturated heterocycles. The number of carbonyl (C=O) groups excluding carboxylic acids is 3. The zero-order chi connectivity index (χ0) is 50.0. The first kappa shape index (κ1) is 80.2. The van der Waals surface area contributed by atoms with Crippen LogP contribution in [0.1, 0.15) is 169 Å². The molecule has 3 rings (SSSR count). The Hall–Kier alpha value is -3.84. The average molecular weight is 891 g/mol. The Bertz CT molecular complexity index is 1370. The van der Waals surface area contributed by atoms with Crippen LogP contribution in [0.15, 0.2) is 83.8 Å². The number of aromatic carboxylic acids is 1. The van der Waals surface area contributed by atoms with E-state index in [2.05, 4.69) is 47.0 Å². The first-order chi connectivity index (χ1) is 28.3. The maximum absolute atomic E-state index is 10.9. The number of rotatable bonds is 6. The van der Waals surface area contributed by atoms with E-state index in [1.807, 2.05) is 123 Å². The highest BCUT2D eigenvalue weighted by Crippen LogP contribution is 2.06. The molecular formula is C48H92NO9S2+. The number of ketones is 1. The van der Waals surface area contributed by atoms with Crippen LogP contribution in [-0.4, -0.2) is 72.2 Å². The molecule has 0 amide bonds. The van der Waals surface area contributed by atoms with E-state index < -0.39 is 26.9 Å². The normalized spacial score (nSPS) is 8.37. The molecule has 10 nitrogen and oxygen atoms in total. The van der Waals surface area contributed by atoms with Crippen LogP contribution in [0.4, 0.5) is 0 Å². The standard InChI is InChI=1S/C8H8O2.C8H10OS.C8H8O.C3H9N.C3H8O3S.2C3H8.2C2H4O.4C2H6/c1-6-4-2-3-5-7(6)8(9)10;1-7-3-5-8(6-4-7)10(2)9;1-7(9)8-5-3-2-4-6-8;1-3-4-2;1-2-3-7(4,5)6;2*1-3-2;2*1-2-3;4*1-2/h2-5H,1H3,(H,9,10);3-6H,1-2H3;2-6H,1H3;4H,3H2,1-2H3;2-3H2,1H3,(H,4,5,6);2*3H2,1-2H3;2*2H,1H3;4*1-2H3/p+1. The van der Waals surface area contributed by atoms with Crippen molar-refractivity contribution >= 4 is 45.2 Å². The highest BCUT2D eigenvalue weighted by atomic mass is 32.2. The highest BCUT2D eigenvalue weighted by molar-refractivity contribution is 7.85. The lowest BCUT2D eigenvalue weighted by Crippen LogP contribution is -2.78. The number of quaternary nitrogens is 1. The lowest BCUT2D eigenvalue weighted by molar-refractivity contribution is -0.623. The molecule has 60 heavy (non-hydrogen) atoms. The van der Waals surface area contributed by atoms with Gasteiger partial charge in [-0.25, -0.2) is 4.79 Å². The molecule has 0 aliphatic carbocycles. The first-order valence-electron chi connectivity index (χ1n) is 21.1. The van der Waals surface area contributed by atoms with Crippen LogP contribution in [0, 0.1) is 13.8 Å². The van der Waals surface area contributed by atoms with Crippen LogP contribution >= 0.6 is 0 Å². The van der Waals surface area contributed by atoms with Gasteiger partial charge in [0, 0.05) is 27.5 Å². The summed E-state index contributed by atoms with van der Waals surface area (Å²) in [6, 6.07) is 23.9. The van der Waals surface area contributed by atoms with Crippen molar-refractivity contribution in [1.29, 1.82) is 0 Å². The maximum atomic E-state index is 10.9. The van der Waals surface area contributed by atoms with Crippen LogP contribution in [0.3, 0.4) is 0 Å². The van der Waals surface area contributed by atoms with Gasteiger partial charge in [-0.1, -0.05) is 169 Å². The summed E-state index contributed by atoms with van der Waals surface area (Å²) in [7, 11) is -2.46. The van der Waals surface area contributed by atoms with E-state index in [-0.39, 0.29) is 11.5 Å². The molecule has 0 bridgehead atoms. The lowest BCUT2D eigenvalue weighted by Gasteiger charge is -1.96. The van der Waals surface area contributed by atoms with Gasteiger partial charge in [-0.15, -0.1) is 0 Å². The molecule has 0 fully saturated rings. The van der Waals surface area contributed by atoms with Crippen molar-refractivity contribution in [2.75, 3.05) is 25.6 Å². The monoisotopic (exact) mass is 891 g/mol. The minimum absolute atomic E-state index is 0.121. The molecule has 12 heteroatoms. The molecular weight excluding hydrogens is 799 g/mol. The molecule has 354 valence electrons. The van der Waals surface area contributed by atoms with Gasteiger partial charge in [0.2, 0.25) is 0 Å². The zero-order valence-electron chi connectivity index (χ0n) is 41.8. The minimum atomic E-state index is -3.67. The summed E-state index contributed by atoms with van der Waals surface area (Å²) in [5.41, 5.74) is 3.16. The number of carboxylic acids is 1. The Kier molecular flexibility index (Phi) is 97.2. The van der Waals surface area contributed by atoms with E-state index in [1.165, 1.54) is 38.8 Å². The molecule has 0 spiro atoms. The first-order valence-corrected chi connectivity index (χ1v) is 24.3. The summed E-state index contributed by atoms with van der Waals surface area (Å²) >= 11 is 0. The fourth-order valence-corrected chi connectivity index (χ4v) is 3.51. The number of hydrogen-bond acceptors (Lipinski definition) is 7. The zero-order valence-corrected chi connectivity index (χ0v) is 43.5. The van der Waals surface area contributed by atoms with E-state index in [0.29, 0.717) is 12.0 Å². The summed E-state index contributed by atoms with van der Waals surface area (Å²) in [5, 5.41) is 10.7. The Balaban J connectivity index is -0.0000000595. The fourth-order valence-electron chi connectivity index (χ4n) is 2.47. The number of hydrogen-bond donors (Lipinski definition) is 3. The van der Waals surface area contributed by atoms with Gasteiger partial charge in [0.05, 0.1) is 24.9 Å². The van der Waals surface area contributed by atoms with Crippen LogP contribution in [-0.2, 0) is 30.5 Å². The fraction of sp³-hybridized carbons (Fsp3) is 0.542. The van der Waals surface area contributed by atoms with Crippen LogP contribution in [0.25, 0.3) is 0 Å². The van der Waals surface area contributed by atoms with Crippen molar-refractivity contribution in [3.05, 3.63) is 101 Å². The van der Waals surface area contributed by atoms with Crippen molar-refractivity contribution < 1.29 is 46.8 Å². The molecule has 0 saturated carbocycles. The van der Waals surface area contributed by atoms with Gasteiger partial charge in [0.1, 0.15) is 12.6 Å². The van der Waals surface area contributed by atoms with Crippen molar-refractivity contribution in [2.24, 2.45) is 0 Å². The summed E-state index contributed by atoms with van der Waals surface area (Å²) in [6.45, 7) is 37.8. The van der Waals surface area contributed by atoms with Gasteiger partial charge >= 0.3 is 5.97 Å². The second-order valence-electron chi connectivity index (χ2n) is 10.3. The van der Waals surface area contributed by atoms with Gasteiger partial charge in [0.15, 0.2) is 5.78 Å². The minimum Gasteiger partial charge on any atom is -0.478 e. The summed E-state index contributed by atoms with van der Waals surface area (Å²) in [5.74, 6) is -0.874. The Morgan fingerprint density at radius 3 is 1.18 bits per heavy atom. The Morgan fingerprint density at radius 2 is 1.00 bits per heavy atom. The molecule has 1 unspecified atom stereocenters. The van der Waals surface area contributed by atoms with E-state index in [9.17, 15) is 22.2 Å². The molecule has 3 aromatic carbocycles. The van der Waals surface area contributed by atoms with E-state index >= 15 is 0 Å². The van der Waals surface area contributed by atoms with E-state index in [1.54, 1.807) is 45.2 Å². The lowest BCUT2D eigenvalue weighted by atomic mass is 10.1. The van der Waals surface area contributed by atoms with Crippen LogP contribution < -0.4 is 5.32 Å². The number of nitrogens with two attached hydrogens (primary N) is 1. The van der Waals surface area contributed by atoms with Gasteiger partial charge in [-0.2, -0.15) is 8.42 Å². The summed E-state index contributed by atoms with van der Waals surface area (Å²) in [4.78, 5) is 39.6. The Morgan fingerprint density at radius 1 is 0.683 bits per heavy atom. The molecule has 3 aromatic rings. The van der Waals surface area contributed by atoms with Gasteiger partial charge in [0.25, 0.3) is 10.1 Å². The van der Waals surface area contributed by atoms with Gasteiger partial charge < -0.3 is 20.0 Å². The van der Waals surface area contributed by atoms with Crippen molar-refractivity contribution in [1.82, 2.24) is 0 Å². The molecule has 0 aliphatic rings. The molecule has 4 N–H and O–H groups in total.